The molecule has 1 aromatic rings. The third-order valence-corrected chi connectivity index (χ3v) is 2.44. The van der Waals surface area contributed by atoms with E-state index in [0.29, 0.717) is 5.56 Å². The van der Waals surface area contributed by atoms with Crippen LogP contribution in [0.15, 0.2) is 18.2 Å². The normalized spacial score (nSPS) is 11.7. The van der Waals surface area contributed by atoms with Crippen molar-refractivity contribution in [2.75, 3.05) is 0 Å². The van der Waals surface area contributed by atoms with Gasteiger partial charge in [0.15, 0.2) is 0 Å². The number of carboxylic acids is 1. The summed E-state index contributed by atoms with van der Waals surface area (Å²) in [6.07, 6.45) is -0.532. The van der Waals surface area contributed by atoms with Gasteiger partial charge in [-0.15, -0.1) is 0 Å². The highest BCUT2D eigenvalue weighted by Crippen LogP contribution is 2.09. The minimum Gasteiger partial charge on any atom is -0.480 e. The van der Waals surface area contributed by atoms with Crippen molar-refractivity contribution in [2.24, 2.45) is 5.73 Å². The molecule has 0 radical (unpaired) electrons. The van der Waals surface area contributed by atoms with Gasteiger partial charge in [-0.3, -0.25) is 9.59 Å². The van der Waals surface area contributed by atoms with Gasteiger partial charge in [-0.2, -0.15) is 0 Å². The van der Waals surface area contributed by atoms with Crippen molar-refractivity contribution in [3.05, 3.63) is 35.1 Å². The number of amides is 2. The minimum atomic E-state index is -1.44. The van der Waals surface area contributed by atoms with Crippen molar-refractivity contribution in [3.63, 3.8) is 0 Å². The molecule has 7 heteroatoms. The molecule has 1 unspecified atom stereocenters. The van der Waals surface area contributed by atoms with Gasteiger partial charge in [0.1, 0.15) is 11.9 Å². The Kier molecular flexibility index (Phi) is 4.57. The fourth-order valence-corrected chi connectivity index (χ4v) is 1.38. The molecule has 1 aromatic carbocycles. The van der Waals surface area contributed by atoms with E-state index in [-0.39, 0.29) is 5.56 Å². The Bertz CT molecular complexity index is 530. The maximum atomic E-state index is 13.3. The van der Waals surface area contributed by atoms with Gasteiger partial charge in [-0.05, 0) is 24.6 Å². The smallest absolute Gasteiger partial charge is 0.326 e. The van der Waals surface area contributed by atoms with Gasteiger partial charge in [0.05, 0.1) is 6.42 Å². The Hall–Kier alpha value is -2.44. The molecule has 1 atom stereocenters. The fourth-order valence-electron chi connectivity index (χ4n) is 1.38. The molecule has 0 bridgehead atoms. The van der Waals surface area contributed by atoms with Crippen molar-refractivity contribution in [2.45, 2.75) is 19.4 Å². The molecule has 19 heavy (non-hydrogen) atoms. The molecule has 0 heterocycles. The van der Waals surface area contributed by atoms with E-state index in [0.717, 1.165) is 6.07 Å². The van der Waals surface area contributed by atoms with E-state index in [1.165, 1.54) is 19.1 Å². The number of rotatable bonds is 5. The van der Waals surface area contributed by atoms with Crippen LogP contribution in [0.25, 0.3) is 0 Å². The first-order valence-electron chi connectivity index (χ1n) is 5.39. The van der Waals surface area contributed by atoms with Gasteiger partial charge < -0.3 is 16.2 Å². The Morgan fingerprint density at radius 3 is 2.53 bits per heavy atom. The van der Waals surface area contributed by atoms with Crippen LogP contribution in [0.5, 0.6) is 0 Å². The second-order valence-electron chi connectivity index (χ2n) is 4.00. The van der Waals surface area contributed by atoms with Crippen LogP contribution in [0.1, 0.15) is 22.3 Å². The SMILES string of the molecule is Cc1ccc(C(=O)NC(CC(N)=O)C(=O)O)cc1F. The lowest BCUT2D eigenvalue weighted by Crippen LogP contribution is -2.43. The molecule has 0 fully saturated rings. The molecule has 4 N–H and O–H groups in total. The summed E-state index contributed by atoms with van der Waals surface area (Å²) in [6, 6.07) is 2.31. The highest BCUT2D eigenvalue weighted by atomic mass is 19.1. The predicted octanol–water partition coefficient (Wildman–Crippen LogP) is 0.193. The first kappa shape index (κ1) is 14.6. The average molecular weight is 268 g/mol. The zero-order chi connectivity index (χ0) is 14.6. The first-order valence-corrected chi connectivity index (χ1v) is 5.39. The number of nitrogens with two attached hydrogens (primary N) is 1. The second-order valence-corrected chi connectivity index (χ2v) is 4.00. The summed E-state index contributed by atoms with van der Waals surface area (Å²) in [4.78, 5) is 33.2. The lowest BCUT2D eigenvalue weighted by molar-refractivity contribution is -0.140. The topological polar surface area (TPSA) is 109 Å². The predicted molar refractivity (Wildman–Crippen MR) is 63.8 cm³/mol. The summed E-state index contributed by atoms with van der Waals surface area (Å²) in [5.74, 6) is -3.61. The summed E-state index contributed by atoms with van der Waals surface area (Å²) in [7, 11) is 0. The van der Waals surface area contributed by atoms with Crippen LogP contribution < -0.4 is 11.1 Å². The lowest BCUT2D eigenvalue weighted by Gasteiger charge is -2.13. The molecule has 0 aliphatic rings. The summed E-state index contributed by atoms with van der Waals surface area (Å²) in [5, 5.41) is 10.9. The Morgan fingerprint density at radius 2 is 2.05 bits per heavy atom. The number of primary amides is 1. The number of benzene rings is 1. The van der Waals surface area contributed by atoms with Crippen molar-refractivity contribution >= 4 is 17.8 Å². The third-order valence-electron chi connectivity index (χ3n) is 2.44. The van der Waals surface area contributed by atoms with Gasteiger partial charge in [0.25, 0.3) is 5.91 Å². The number of carbonyl (C=O) groups excluding carboxylic acids is 2. The van der Waals surface area contributed by atoms with E-state index in [2.05, 4.69) is 5.32 Å². The second kappa shape index (κ2) is 5.94. The van der Waals surface area contributed by atoms with Crippen LogP contribution in [0.2, 0.25) is 0 Å². The van der Waals surface area contributed by atoms with E-state index in [1.54, 1.807) is 0 Å². The summed E-state index contributed by atoms with van der Waals surface area (Å²) < 4.78 is 13.3. The fraction of sp³-hybridized carbons (Fsp3) is 0.250. The van der Waals surface area contributed by atoms with Gasteiger partial charge >= 0.3 is 5.97 Å². The Labute approximate surface area is 108 Å². The molecule has 102 valence electrons. The monoisotopic (exact) mass is 268 g/mol. The average Bonchev–Trinajstić information content (AvgIpc) is 2.31. The Balaban J connectivity index is 2.84. The number of carboxylic acid groups (broad SMARTS) is 1. The van der Waals surface area contributed by atoms with Gasteiger partial charge in [0, 0.05) is 5.56 Å². The molecule has 2 amide bonds. The molecule has 0 saturated carbocycles. The van der Waals surface area contributed by atoms with Crippen LogP contribution in [-0.2, 0) is 9.59 Å². The van der Waals surface area contributed by atoms with Gasteiger partial charge in [-0.25, -0.2) is 9.18 Å². The maximum Gasteiger partial charge on any atom is 0.326 e. The van der Waals surface area contributed by atoms with Gasteiger partial charge in [0.2, 0.25) is 5.91 Å². The first-order chi connectivity index (χ1) is 8.81. The number of aliphatic carboxylic acids is 1. The van der Waals surface area contributed by atoms with E-state index in [9.17, 15) is 18.8 Å². The minimum absolute atomic E-state index is 0.0289. The zero-order valence-electron chi connectivity index (χ0n) is 10.1. The van der Waals surface area contributed by atoms with Crippen LogP contribution in [-0.4, -0.2) is 28.9 Å². The van der Waals surface area contributed by atoms with E-state index >= 15 is 0 Å². The zero-order valence-corrected chi connectivity index (χ0v) is 10.1. The van der Waals surface area contributed by atoms with E-state index in [4.69, 9.17) is 10.8 Å². The number of hydrogen-bond donors (Lipinski definition) is 3. The highest BCUT2D eigenvalue weighted by Gasteiger charge is 2.22. The number of nitrogens with one attached hydrogen (secondary N) is 1. The number of aryl methyl sites for hydroxylation is 1. The molecule has 0 aliphatic heterocycles. The van der Waals surface area contributed by atoms with Crippen LogP contribution in [0.3, 0.4) is 0 Å². The van der Waals surface area contributed by atoms with Crippen molar-refractivity contribution in [3.8, 4) is 0 Å². The number of carbonyl (C=O) groups is 3. The largest absolute Gasteiger partial charge is 0.480 e. The van der Waals surface area contributed by atoms with Crippen LogP contribution in [0.4, 0.5) is 4.39 Å². The maximum absolute atomic E-state index is 13.3. The molecule has 0 aliphatic carbocycles. The summed E-state index contributed by atoms with van der Waals surface area (Å²) in [6.45, 7) is 1.53. The van der Waals surface area contributed by atoms with Crippen molar-refractivity contribution in [1.82, 2.24) is 5.32 Å². The molecular formula is C12H13FN2O4. The molecule has 0 saturated heterocycles. The van der Waals surface area contributed by atoms with E-state index < -0.39 is 36.1 Å². The summed E-state index contributed by atoms with van der Waals surface area (Å²) in [5.41, 5.74) is 5.21. The Morgan fingerprint density at radius 1 is 1.42 bits per heavy atom. The van der Waals surface area contributed by atoms with Crippen LogP contribution in [0, 0.1) is 12.7 Å². The quantitative estimate of drug-likeness (QED) is 0.708. The number of halogens is 1. The summed E-state index contributed by atoms with van der Waals surface area (Å²) >= 11 is 0. The molecule has 0 aromatic heterocycles. The van der Waals surface area contributed by atoms with E-state index in [1.807, 2.05) is 0 Å². The van der Waals surface area contributed by atoms with Crippen molar-refractivity contribution < 1.29 is 23.9 Å². The van der Waals surface area contributed by atoms with Crippen LogP contribution >= 0.6 is 0 Å². The van der Waals surface area contributed by atoms with Gasteiger partial charge in [-0.1, -0.05) is 6.07 Å². The molecule has 6 nitrogen and oxygen atoms in total. The third kappa shape index (κ3) is 4.06. The highest BCUT2D eigenvalue weighted by molar-refractivity contribution is 5.97. The van der Waals surface area contributed by atoms with Crippen molar-refractivity contribution in [1.29, 1.82) is 0 Å². The molecular weight excluding hydrogens is 255 g/mol. The number of hydrogen-bond acceptors (Lipinski definition) is 3. The standard InChI is InChI=1S/C12H13FN2O4/c1-6-2-3-7(4-8(6)13)11(17)15-9(12(18)19)5-10(14)16/h2-4,9H,5H2,1H3,(H2,14,16)(H,15,17)(H,18,19). The molecule has 1 rings (SSSR count). The lowest BCUT2D eigenvalue weighted by atomic mass is 10.1. The molecule has 0 spiro atoms.